The summed E-state index contributed by atoms with van der Waals surface area (Å²) in [6.45, 7) is 4.31. The van der Waals surface area contributed by atoms with Gasteiger partial charge in [0.15, 0.2) is 0 Å². The summed E-state index contributed by atoms with van der Waals surface area (Å²) in [7, 11) is 2.05. The highest BCUT2D eigenvalue weighted by Crippen LogP contribution is 2.13. The van der Waals surface area contributed by atoms with Gasteiger partial charge in [-0.25, -0.2) is 0 Å². The number of aliphatic hydroxyl groups is 1. The molecule has 0 spiro atoms. The van der Waals surface area contributed by atoms with E-state index in [1.54, 1.807) is 0 Å². The number of hydrogen-bond acceptors (Lipinski definition) is 4. The molecular formula is C15H24N2O2S. The van der Waals surface area contributed by atoms with Gasteiger partial charge in [-0.05, 0) is 38.9 Å². The van der Waals surface area contributed by atoms with Gasteiger partial charge >= 0.3 is 0 Å². The number of rotatable bonds is 9. The summed E-state index contributed by atoms with van der Waals surface area (Å²) in [4.78, 5) is 2.58. The van der Waals surface area contributed by atoms with Crippen molar-refractivity contribution in [2.45, 2.75) is 25.9 Å². The van der Waals surface area contributed by atoms with Gasteiger partial charge in [-0.2, -0.15) is 0 Å². The summed E-state index contributed by atoms with van der Waals surface area (Å²) in [5, 5.41) is 9.22. The number of aliphatic hydroxyl groups excluding tert-OH is 1. The Morgan fingerprint density at radius 1 is 1.45 bits per heavy atom. The summed E-state index contributed by atoms with van der Waals surface area (Å²) in [5.74, 6) is 0.793. The van der Waals surface area contributed by atoms with Crippen LogP contribution in [0.4, 0.5) is 0 Å². The van der Waals surface area contributed by atoms with Gasteiger partial charge in [0.25, 0.3) is 0 Å². The first kappa shape index (κ1) is 16.9. The second-order valence-corrected chi connectivity index (χ2v) is 5.47. The third kappa shape index (κ3) is 6.84. The molecule has 0 fully saturated rings. The van der Waals surface area contributed by atoms with Crippen molar-refractivity contribution in [1.29, 1.82) is 0 Å². The zero-order valence-electron chi connectivity index (χ0n) is 12.2. The van der Waals surface area contributed by atoms with Gasteiger partial charge < -0.3 is 20.5 Å². The van der Waals surface area contributed by atoms with Crippen molar-refractivity contribution in [3.8, 4) is 5.75 Å². The average molecular weight is 296 g/mol. The van der Waals surface area contributed by atoms with Crippen molar-refractivity contribution in [1.82, 2.24) is 4.90 Å². The fourth-order valence-electron chi connectivity index (χ4n) is 1.78. The minimum Gasteiger partial charge on any atom is -0.494 e. The summed E-state index contributed by atoms with van der Waals surface area (Å²) < 4.78 is 5.68. The monoisotopic (exact) mass is 296 g/mol. The molecule has 1 aromatic rings. The van der Waals surface area contributed by atoms with E-state index in [4.69, 9.17) is 22.7 Å². The van der Waals surface area contributed by atoms with Gasteiger partial charge in [-0.1, -0.05) is 24.4 Å². The fourth-order valence-corrected chi connectivity index (χ4v) is 1.91. The smallest absolute Gasteiger partial charge is 0.119 e. The SMILES string of the molecule is CC(O)CCN(C)CCCOc1cccc(C(N)=S)c1. The second-order valence-electron chi connectivity index (χ2n) is 5.04. The van der Waals surface area contributed by atoms with Crippen LogP contribution in [0.5, 0.6) is 5.75 Å². The molecule has 20 heavy (non-hydrogen) atoms. The highest BCUT2D eigenvalue weighted by atomic mass is 32.1. The van der Waals surface area contributed by atoms with E-state index in [-0.39, 0.29) is 6.10 Å². The Balaban J connectivity index is 2.24. The van der Waals surface area contributed by atoms with Crippen LogP contribution in [0.25, 0.3) is 0 Å². The first-order valence-electron chi connectivity index (χ1n) is 6.88. The van der Waals surface area contributed by atoms with Gasteiger partial charge in [0, 0.05) is 18.7 Å². The minimum atomic E-state index is -0.239. The summed E-state index contributed by atoms with van der Waals surface area (Å²) in [6.07, 6.45) is 1.50. The van der Waals surface area contributed by atoms with Crippen molar-refractivity contribution in [2.24, 2.45) is 5.73 Å². The number of thiocarbonyl (C=S) groups is 1. The summed E-state index contributed by atoms with van der Waals surface area (Å²) >= 11 is 4.94. The zero-order valence-corrected chi connectivity index (χ0v) is 13.0. The van der Waals surface area contributed by atoms with Gasteiger partial charge in [-0.15, -0.1) is 0 Å². The van der Waals surface area contributed by atoms with Gasteiger partial charge in [0.05, 0.1) is 12.7 Å². The van der Waals surface area contributed by atoms with Gasteiger partial charge in [0.1, 0.15) is 10.7 Å². The molecule has 1 rings (SSSR count). The Hall–Kier alpha value is -1.17. The Morgan fingerprint density at radius 3 is 2.85 bits per heavy atom. The average Bonchev–Trinajstić information content (AvgIpc) is 2.41. The van der Waals surface area contributed by atoms with Crippen LogP contribution in [0.15, 0.2) is 24.3 Å². The first-order valence-corrected chi connectivity index (χ1v) is 7.29. The van der Waals surface area contributed by atoms with E-state index in [1.807, 2.05) is 31.2 Å². The van der Waals surface area contributed by atoms with E-state index in [1.165, 1.54) is 0 Å². The number of nitrogens with two attached hydrogens (primary N) is 1. The predicted molar refractivity (Wildman–Crippen MR) is 86.2 cm³/mol. The molecule has 0 radical (unpaired) electrons. The van der Waals surface area contributed by atoms with Crippen LogP contribution in [0.3, 0.4) is 0 Å². The number of ether oxygens (including phenoxy) is 1. The van der Waals surface area contributed by atoms with Crippen molar-refractivity contribution in [2.75, 3.05) is 26.7 Å². The van der Waals surface area contributed by atoms with E-state index in [9.17, 15) is 5.11 Å². The largest absolute Gasteiger partial charge is 0.494 e. The van der Waals surface area contributed by atoms with Crippen molar-refractivity contribution in [3.05, 3.63) is 29.8 Å². The molecule has 0 aliphatic heterocycles. The lowest BCUT2D eigenvalue weighted by atomic mass is 10.2. The lowest BCUT2D eigenvalue weighted by molar-refractivity contribution is 0.162. The molecule has 5 heteroatoms. The van der Waals surface area contributed by atoms with Crippen LogP contribution in [-0.2, 0) is 0 Å². The molecule has 0 aromatic heterocycles. The lowest BCUT2D eigenvalue weighted by Gasteiger charge is -2.17. The molecule has 0 amide bonds. The molecule has 1 atom stereocenters. The van der Waals surface area contributed by atoms with E-state index in [0.717, 1.165) is 37.2 Å². The van der Waals surface area contributed by atoms with Crippen LogP contribution in [-0.4, -0.2) is 47.8 Å². The van der Waals surface area contributed by atoms with Crippen LogP contribution >= 0.6 is 12.2 Å². The Labute approximate surface area is 126 Å². The maximum Gasteiger partial charge on any atom is 0.119 e. The second kappa shape index (κ2) is 8.89. The molecule has 3 N–H and O–H groups in total. The Bertz CT molecular complexity index is 424. The third-order valence-electron chi connectivity index (χ3n) is 3.00. The van der Waals surface area contributed by atoms with Crippen LogP contribution < -0.4 is 10.5 Å². The first-order chi connectivity index (χ1) is 9.49. The standard InChI is InChI=1S/C15H24N2O2S/c1-12(18)7-9-17(2)8-4-10-19-14-6-3-5-13(11-14)15(16)20/h3,5-6,11-12,18H,4,7-10H2,1-2H3,(H2,16,20). The van der Waals surface area contributed by atoms with Crippen LogP contribution in [0, 0.1) is 0 Å². The zero-order chi connectivity index (χ0) is 15.0. The van der Waals surface area contributed by atoms with E-state index >= 15 is 0 Å². The molecule has 0 saturated heterocycles. The fraction of sp³-hybridized carbons (Fsp3) is 0.533. The molecule has 1 unspecified atom stereocenters. The molecule has 0 aliphatic rings. The number of nitrogens with zero attached hydrogens (tertiary/aromatic N) is 1. The van der Waals surface area contributed by atoms with Crippen molar-refractivity contribution < 1.29 is 9.84 Å². The lowest BCUT2D eigenvalue weighted by Crippen LogP contribution is -2.24. The molecular weight excluding hydrogens is 272 g/mol. The Kier molecular flexibility index (Phi) is 7.51. The van der Waals surface area contributed by atoms with Crippen LogP contribution in [0.2, 0.25) is 0 Å². The van der Waals surface area contributed by atoms with E-state index < -0.39 is 0 Å². The Morgan fingerprint density at radius 2 is 2.20 bits per heavy atom. The van der Waals surface area contributed by atoms with Crippen LogP contribution in [0.1, 0.15) is 25.3 Å². The van der Waals surface area contributed by atoms with Gasteiger partial charge in [-0.3, -0.25) is 0 Å². The molecule has 4 nitrogen and oxygen atoms in total. The number of benzene rings is 1. The van der Waals surface area contributed by atoms with E-state index in [0.29, 0.717) is 11.6 Å². The quantitative estimate of drug-likeness (QED) is 0.537. The third-order valence-corrected chi connectivity index (χ3v) is 3.24. The molecule has 0 saturated carbocycles. The molecule has 0 heterocycles. The predicted octanol–water partition coefficient (Wildman–Crippen LogP) is 1.79. The highest BCUT2D eigenvalue weighted by Gasteiger charge is 2.02. The molecule has 0 aliphatic carbocycles. The highest BCUT2D eigenvalue weighted by molar-refractivity contribution is 7.80. The van der Waals surface area contributed by atoms with Crippen molar-refractivity contribution >= 4 is 17.2 Å². The topological polar surface area (TPSA) is 58.7 Å². The minimum absolute atomic E-state index is 0.239. The molecule has 1 aromatic carbocycles. The number of hydrogen-bond donors (Lipinski definition) is 2. The summed E-state index contributed by atoms with van der Waals surface area (Å²) in [6, 6.07) is 7.52. The normalized spacial score (nSPS) is 12.4. The molecule has 0 bridgehead atoms. The maximum absolute atomic E-state index is 9.22. The van der Waals surface area contributed by atoms with Crippen molar-refractivity contribution in [3.63, 3.8) is 0 Å². The van der Waals surface area contributed by atoms with E-state index in [2.05, 4.69) is 11.9 Å². The summed E-state index contributed by atoms with van der Waals surface area (Å²) in [5.41, 5.74) is 6.41. The maximum atomic E-state index is 9.22. The van der Waals surface area contributed by atoms with Gasteiger partial charge in [0.2, 0.25) is 0 Å². The molecule has 112 valence electrons.